The molecule has 1 saturated carbocycles. The van der Waals surface area contributed by atoms with Gasteiger partial charge in [0, 0.05) is 45.4 Å². The molecule has 0 bridgehead atoms. The van der Waals surface area contributed by atoms with E-state index in [0.717, 1.165) is 64.7 Å². The molecular weight excluding hydrogens is 240 g/mol. The van der Waals surface area contributed by atoms with Crippen LogP contribution in [-0.2, 0) is 4.74 Å². The lowest BCUT2D eigenvalue weighted by Gasteiger charge is -2.40. The molecular formula is C15H28N2O2. The standard InChI is InChI=1S/C15H28N2O2/c1-14(18)4-7-17(11-14)12-15(5-8-19-9-6-15)10-16-13-2-3-13/h13,16,18H,2-12H2,1H3. The molecule has 0 aromatic rings. The van der Waals surface area contributed by atoms with Crippen LogP contribution in [0.2, 0.25) is 0 Å². The van der Waals surface area contributed by atoms with Gasteiger partial charge >= 0.3 is 0 Å². The normalized spacial score (nSPS) is 35.7. The summed E-state index contributed by atoms with van der Waals surface area (Å²) >= 11 is 0. The van der Waals surface area contributed by atoms with E-state index in [1.54, 1.807) is 0 Å². The van der Waals surface area contributed by atoms with Gasteiger partial charge in [0.2, 0.25) is 0 Å². The van der Waals surface area contributed by atoms with Crippen LogP contribution in [0.4, 0.5) is 0 Å². The molecule has 1 unspecified atom stereocenters. The molecule has 19 heavy (non-hydrogen) atoms. The van der Waals surface area contributed by atoms with E-state index in [1.165, 1.54) is 12.8 Å². The highest BCUT2D eigenvalue weighted by atomic mass is 16.5. The number of nitrogens with zero attached hydrogens (tertiary/aromatic N) is 1. The first kappa shape index (κ1) is 13.8. The molecule has 0 aromatic carbocycles. The van der Waals surface area contributed by atoms with E-state index in [1.807, 2.05) is 6.92 Å². The van der Waals surface area contributed by atoms with Crippen molar-refractivity contribution in [3.05, 3.63) is 0 Å². The van der Waals surface area contributed by atoms with Crippen molar-refractivity contribution in [2.45, 2.75) is 50.7 Å². The van der Waals surface area contributed by atoms with Crippen molar-refractivity contribution < 1.29 is 9.84 Å². The first-order valence-electron chi connectivity index (χ1n) is 7.83. The Balaban J connectivity index is 1.58. The summed E-state index contributed by atoms with van der Waals surface area (Å²) in [6, 6.07) is 0.779. The fourth-order valence-corrected chi connectivity index (χ4v) is 3.49. The predicted octanol–water partition coefficient (Wildman–Crippen LogP) is 0.992. The quantitative estimate of drug-likeness (QED) is 0.780. The van der Waals surface area contributed by atoms with E-state index in [9.17, 15) is 5.11 Å². The van der Waals surface area contributed by atoms with E-state index < -0.39 is 5.60 Å². The largest absolute Gasteiger partial charge is 0.389 e. The third kappa shape index (κ3) is 3.69. The van der Waals surface area contributed by atoms with Gasteiger partial charge in [-0.05, 0) is 44.4 Å². The van der Waals surface area contributed by atoms with E-state index >= 15 is 0 Å². The number of β-amino-alcohol motifs (C(OH)–C–C–N with tert-alkyl or cyclic N) is 1. The zero-order valence-electron chi connectivity index (χ0n) is 12.2. The average molecular weight is 268 g/mol. The molecule has 2 aliphatic heterocycles. The van der Waals surface area contributed by atoms with Crippen LogP contribution in [0.3, 0.4) is 0 Å². The van der Waals surface area contributed by atoms with E-state index in [4.69, 9.17) is 4.74 Å². The maximum atomic E-state index is 10.1. The molecule has 3 fully saturated rings. The Hall–Kier alpha value is -0.160. The molecule has 3 rings (SSSR count). The second-order valence-electron chi connectivity index (χ2n) is 7.23. The molecule has 1 atom stereocenters. The maximum absolute atomic E-state index is 10.1. The molecule has 1 aliphatic carbocycles. The lowest BCUT2D eigenvalue weighted by atomic mass is 9.79. The molecule has 2 heterocycles. The van der Waals surface area contributed by atoms with Gasteiger partial charge in [-0.15, -0.1) is 0 Å². The Labute approximate surface area is 116 Å². The second kappa shape index (κ2) is 5.32. The van der Waals surface area contributed by atoms with Crippen molar-refractivity contribution in [2.24, 2.45) is 5.41 Å². The number of hydrogen-bond donors (Lipinski definition) is 2. The third-order valence-electron chi connectivity index (χ3n) is 4.99. The molecule has 0 aromatic heterocycles. The summed E-state index contributed by atoms with van der Waals surface area (Å²) in [4.78, 5) is 2.46. The van der Waals surface area contributed by atoms with Crippen molar-refractivity contribution in [1.29, 1.82) is 0 Å². The van der Waals surface area contributed by atoms with Crippen LogP contribution in [0, 0.1) is 5.41 Å². The van der Waals surface area contributed by atoms with Gasteiger partial charge in [-0.2, -0.15) is 0 Å². The number of hydrogen-bond acceptors (Lipinski definition) is 4. The maximum Gasteiger partial charge on any atom is 0.0758 e. The van der Waals surface area contributed by atoms with Crippen LogP contribution in [0.25, 0.3) is 0 Å². The van der Waals surface area contributed by atoms with Gasteiger partial charge in [-0.3, -0.25) is 4.90 Å². The van der Waals surface area contributed by atoms with Crippen LogP contribution in [-0.4, -0.2) is 61.0 Å². The zero-order valence-corrected chi connectivity index (χ0v) is 12.2. The fourth-order valence-electron chi connectivity index (χ4n) is 3.49. The van der Waals surface area contributed by atoms with E-state index in [0.29, 0.717) is 5.41 Å². The van der Waals surface area contributed by atoms with Crippen LogP contribution >= 0.6 is 0 Å². The Kier molecular flexibility index (Phi) is 3.87. The van der Waals surface area contributed by atoms with E-state index in [-0.39, 0.29) is 0 Å². The minimum atomic E-state index is -0.476. The Morgan fingerprint density at radius 3 is 2.58 bits per heavy atom. The lowest BCUT2D eigenvalue weighted by molar-refractivity contribution is -0.00640. The molecule has 4 heteroatoms. The van der Waals surface area contributed by atoms with E-state index in [2.05, 4.69) is 10.2 Å². The van der Waals surface area contributed by atoms with Crippen molar-refractivity contribution in [2.75, 3.05) is 39.4 Å². The van der Waals surface area contributed by atoms with Crippen molar-refractivity contribution in [1.82, 2.24) is 10.2 Å². The number of nitrogens with one attached hydrogen (secondary N) is 1. The smallest absolute Gasteiger partial charge is 0.0758 e. The molecule has 3 aliphatic rings. The Bertz CT molecular complexity index is 309. The highest BCUT2D eigenvalue weighted by Crippen LogP contribution is 2.34. The summed E-state index contributed by atoms with van der Waals surface area (Å²) in [5.41, 5.74) is -0.114. The fraction of sp³-hybridized carbons (Fsp3) is 1.00. The Morgan fingerprint density at radius 2 is 2.00 bits per heavy atom. The second-order valence-corrected chi connectivity index (χ2v) is 7.23. The first-order valence-corrected chi connectivity index (χ1v) is 7.83. The summed E-state index contributed by atoms with van der Waals surface area (Å²) in [6.45, 7) is 7.88. The summed E-state index contributed by atoms with van der Waals surface area (Å²) in [5, 5.41) is 13.8. The number of ether oxygens (including phenoxy) is 1. The monoisotopic (exact) mass is 268 g/mol. The first-order chi connectivity index (χ1) is 9.07. The Morgan fingerprint density at radius 1 is 1.26 bits per heavy atom. The molecule has 0 amide bonds. The molecule has 2 saturated heterocycles. The summed E-state index contributed by atoms with van der Waals surface area (Å²) in [5.74, 6) is 0. The highest BCUT2D eigenvalue weighted by Gasteiger charge is 2.39. The zero-order chi connectivity index (χ0) is 13.3. The number of likely N-dealkylation sites (tertiary alicyclic amines) is 1. The van der Waals surface area contributed by atoms with Crippen LogP contribution < -0.4 is 5.32 Å². The van der Waals surface area contributed by atoms with Gasteiger partial charge in [0.25, 0.3) is 0 Å². The van der Waals surface area contributed by atoms with Gasteiger partial charge in [0.15, 0.2) is 0 Å². The average Bonchev–Trinajstić information content (AvgIpc) is 3.14. The minimum Gasteiger partial charge on any atom is -0.389 e. The van der Waals surface area contributed by atoms with Gasteiger partial charge in [0.1, 0.15) is 0 Å². The number of aliphatic hydroxyl groups is 1. The third-order valence-corrected chi connectivity index (χ3v) is 4.99. The topological polar surface area (TPSA) is 44.7 Å². The SMILES string of the molecule is CC1(O)CCN(CC2(CNC3CC3)CCOCC2)C1. The van der Waals surface area contributed by atoms with Gasteiger partial charge in [0.05, 0.1) is 5.60 Å². The lowest BCUT2D eigenvalue weighted by Crippen LogP contribution is -2.48. The number of rotatable bonds is 5. The van der Waals surface area contributed by atoms with Crippen LogP contribution in [0.1, 0.15) is 39.0 Å². The highest BCUT2D eigenvalue weighted by molar-refractivity contribution is 4.94. The molecule has 0 radical (unpaired) electrons. The minimum absolute atomic E-state index is 0.362. The van der Waals surface area contributed by atoms with Crippen LogP contribution in [0.5, 0.6) is 0 Å². The van der Waals surface area contributed by atoms with Crippen molar-refractivity contribution in [3.63, 3.8) is 0 Å². The van der Waals surface area contributed by atoms with Crippen LogP contribution in [0.15, 0.2) is 0 Å². The van der Waals surface area contributed by atoms with Gasteiger partial charge in [-0.1, -0.05) is 0 Å². The van der Waals surface area contributed by atoms with Crippen molar-refractivity contribution in [3.8, 4) is 0 Å². The molecule has 110 valence electrons. The van der Waals surface area contributed by atoms with Crippen molar-refractivity contribution >= 4 is 0 Å². The predicted molar refractivity (Wildman–Crippen MR) is 75.2 cm³/mol. The summed E-state index contributed by atoms with van der Waals surface area (Å²) in [6.07, 6.45) is 5.93. The summed E-state index contributed by atoms with van der Waals surface area (Å²) in [7, 11) is 0. The molecule has 4 nitrogen and oxygen atoms in total. The molecule has 2 N–H and O–H groups in total. The van der Waals surface area contributed by atoms with Gasteiger partial charge < -0.3 is 15.2 Å². The summed E-state index contributed by atoms with van der Waals surface area (Å²) < 4.78 is 5.56. The van der Waals surface area contributed by atoms with Gasteiger partial charge in [-0.25, -0.2) is 0 Å². The molecule has 0 spiro atoms.